The van der Waals surface area contributed by atoms with Crippen molar-refractivity contribution in [1.29, 1.82) is 0 Å². The maximum atomic E-state index is 9.09. The number of aromatic nitrogens is 4. The first-order chi connectivity index (χ1) is 9.95. The third-order valence-corrected chi connectivity index (χ3v) is 1.04. The molecule has 0 aromatic carbocycles. The predicted octanol–water partition coefficient (Wildman–Crippen LogP) is 2.93. The van der Waals surface area contributed by atoms with E-state index >= 15 is 0 Å². The van der Waals surface area contributed by atoms with E-state index in [-0.39, 0.29) is 33.0 Å². The van der Waals surface area contributed by atoms with Crippen LogP contribution in [-0.4, -0.2) is 47.2 Å². The zero-order chi connectivity index (χ0) is 16.9. The van der Waals surface area contributed by atoms with Gasteiger partial charge in [-0.15, -0.1) is 12.4 Å². The van der Waals surface area contributed by atoms with Crippen molar-refractivity contribution in [2.75, 3.05) is 13.2 Å². The largest absolute Gasteiger partial charge is 0.397 e. The first kappa shape index (κ1) is 33.9. The molecule has 3 N–H and O–H groups in total. The molecule has 140 valence electrons. The Labute approximate surface area is 156 Å². The van der Waals surface area contributed by atoms with Crippen LogP contribution >= 0.6 is 33.8 Å². The molecule has 0 saturated carbocycles. The van der Waals surface area contributed by atoms with Gasteiger partial charge in [0.2, 0.25) is 9.23 Å². The summed E-state index contributed by atoms with van der Waals surface area (Å²) < 4.78 is 11.0. The maximum Gasteiger partial charge on any atom is 0.211 e. The van der Waals surface area contributed by atoms with Crippen LogP contribution in [0.1, 0.15) is 21.3 Å². The molecule has 0 saturated heterocycles. The molecule has 11 heteroatoms. The molecule has 0 bridgehead atoms. The van der Waals surface area contributed by atoms with Gasteiger partial charge in [0.1, 0.15) is 0 Å². The minimum absolute atomic E-state index is 0. The van der Waals surface area contributed by atoms with Crippen LogP contribution in [0.4, 0.5) is 0 Å². The molecule has 2 heterocycles. The zero-order valence-corrected chi connectivity index (χ0v) is 15.7. The van der Waals surface area contributed by atoms with E-state index in [0.717, 1.165) is 0 Å². The van der Waals surface area contributed by atoms with Crippen LogP contribution in [0, 0.1) is 0 Å². The van der Waals surface area contributed by atoms with Gasteiger partial charge < -0.3 is 19.8 Å². The molecule has 0 aliphatic rings. The van der Waals surface area contributed by atoms with Crippen molar-refractivity contribution in [1.82, 2.24) is 19.5 Å². The molecule has 23 heavy (non-hydrogen) atoms. The van der Waals surface area contributed by atoms with E-state index in [0.29, 0.717) is 0 Å². The number of aromatic amines is 1. The lowest BCUT2D eigenvalue weighted by atomic mass is 10.9. The number of nitrogens with zero attached hydrogens (tertiary/aromatic N) is 3. The average Bonchev–Trinajstić information content (AvgIpc) is 3.05. The summed E-state index contributed by atoms with van der Waals surface area (Å²) in [5, 5.41) is 15.1. The number of rotatable bonds is 0. The molecule has 2 aromatic rings. The first-order valence-corrected chi connectivity index (χ1v) is 8.56. The van der Waals surface area contributed by atoms with Crippen LogP contribution in [0.2, 0.25) is 0 Å². The molecule has 2 rings (SSSR count). The lowest BCUT2D eigenvalue weighted by Gasteiger charge is -1.76. The highest BCUT2D eigenvalue weighted by Crippen LogP contribution is 1.89. The highest BCUT2D eigenvalue weighted by Gasteiger charge is 1.69. The second-order valence-corrected chi connectivity index (χ2v) is 5.33. The fourth-order valence-electron chi connectivity index (χ4n) is 0.541. The Balaban J connectivity index is -0.0000000593. The number of aryl methyl sites for hydroxylation is 1. The molecule has 0 aliphatic carbocycles. The van der Waals surface area contributed by atoms with Gasteiger partial charge >= 0.3 is 0 Å². The van der Waals surface area contributed by atoms with Crippen molar-refractivity contribution in [3.8, 4) is 0 Å². The van der Waals surface area contributed by atoms with Crippen molar-refractivity contribution in [3.05, 3.63) is 37.4 Å². The van der Waals surface area contributed by atoms with E-state index in [2.05, 4.69) is 36.3 Å². The number of aliphatic hydroxyl groups excluding tert-OH is 2. The topological polar surface area (TPSA) is 104 Å². The van der Waals surface area contributed by atoms with Crippen molar-refractivity contribution in [2.45, 2.75) is 21.3 Å². The Morgan fingerprint density at radius 1 is 1.17 bits per heavy atom. The molecule has 0 unspecified atom stereocenters. The lowest BCUT2D eigenvalue weighted by molar-refractivity contribution is 0.318. The van der Waals surface area contributed by atoms with Gasteiger partial charge in [-0.2, -0.15) is 0 Å². The van der Waals surface area contributed by atoms with Crippen molar-refractivity contribution in [2.24, 2.45) is 7.05 Å². The summed E-state index contributed by atoms with van der Waals surface area (Å²) in [6, 6.07) is 0. The van der Waals surface area contributed by atoms with Crippen molar-refractivity contribution < 1.29 is 14.4 Å². The number of imidazole rings is 2. The van der Waals surface area contributed by atoms with Gasteiger partial charge in [0.05, 0.1) is 12.7 Å². The Morgan fingerprint density at radius 2 is 1.61 bits per heavy atom. The van der Waals surface area contributed by atoms with Gasteiger partial charge in [-0.1, -0.05) is 7.43 Å². The van der Waals surface area contributed by atoms with Crippen LogP contribution in [-0.2, 0) is 16.3 Å². The highest BCUT2D eigenvalue weighted by molar-refractivity contribution is 8.26. The van der Waals surface area contributed by atoms with E-state index in [1.165, 1.54) is 0 Å². The van der Waals surface area contributed by atoms with Gasteiger partial charge in [-0.25, -0.2) is 14.2 Å². The summed E-state index contributed by atoms with van der Waals surface area (Å²) in [5.41, 5.74) is 0. The lowest BCUT2D eigenvalue weighted by Crippen LogP contribution is -1.76. The summed E-state index contributed by atoms with van der Waals surface area (Å²) in [5.74, 6) is 0. The van der Waals surface area contributed by atoms with Gasteiger partial charge in [0.15, 0.2) is 0 Å². The monoisotopic (exact) mass is 412 g/mol. The molecular weight excluding hydrogens is 387 g/mol. The summed E-state index contributed by atoms with van der Waals surface area (Å²) in [7, 11) is 9.30. The number of H-pyrrole nitrogens is 1. The van der Waals surface area contributed by atoms with Crippen LogP contribution in [0.5, 0.6) is 0 Å². The molecule has 0 amide bonds. The van der Waals surface area contributed by atoms with Crippen LogP contribution < -0.4 is 0 Å². The summed E-state index contributed by atoms with van der Waals surface area (Å²) in [6.07, 6.45) is 10.5. The van der Waals surface area contributed by atoms with Crippen LogP contribution in [0.3, 0.4) is 0 Å². The Kier molecular flexibility index (Phi) is 48.7. The second-order valence-electron chi connectivity index (χ2n) is 2.81. The average molecular weight is 414 g/mol. The Morgan fingerprint density at radius 3 is 1.70 bits per heavy atom. The molecular formula is C12H27Cl3N4O3S. The third kappa shape index (κ3) is 62.0. The first-order valence-electron chi connectivity index (χ1n) is 5.76. The molecule has 2 aromatic heterocycles. The van der Waals surface area contributed by atoms with E-state index < -0.39 is 9.23 Å². The number of hydrogen-bond acceptors (Lipinski definition) is 5. The van der Waals surface area contributed by atoms with E-state index in [1.807, 2.05) is 17.8 Å². The van der Waals surface area contributed by atoms with E-state index in [9.17, 15) is 0 Å². The normalized spacial score (nSPS) is 7.13. The quantitative estimate of drug-likeness (QED) is 0.576. The molecule has 0 atom stereocenters. The van der Waals surface area contributed by atoms with Gasteiger partial charge in [-0.05, 0) is 13.8 Å². The number of hydrogen-bond donors (Lipinski definition) is 3. The second kappa shape index (κ2) is 33.1. The number of aliphatic hydroxyl groups is 2. The van der Waals surface area contributed by atoms with Crippen LogP contribution in [0.15, 0.2) is 37.4 Å². The fourth-order valence-corrected chi connectivity index (χ4v) is 0.541. The summed E-state index contributed by atoms with van der Waals surface area (Å²) in [6.45, 7) is 3.86. The minimum Gasteiger partial charge on any atom is -0.397 e. The van der Waals surface area contributed by atoms with Crippen molar-refractivity contribution in [3.63, 3.8) is 0 Å². The summed E-state index contributed by atoms with van der Waals surface area (Å²) >= 11 is 0. The molecule has 0 fully saturated rings. The Bertz CT molecular complexity index is 356. The minimum atomic E-state index is -1.67. The van der Waals surface area contributed by atoms with Crippen molar-refractivity contribution >= 4 is 43.0 Å². The van der Waals surface area contributed by atoms with E-state index in [1.54, 1.807) is 45.1 Å². The van der Waals surface area contributed by atoms with Gasteiger partial charge in [0.25, 0.3) is 0 Å². The third-order valence-electron chi connectivity index (χ3n) is 1.04. The summed E-state index contributed by atoms with van der Waals surface area (Å²) in [4.78, 5) is 10.2. The highest BCUT2D eigenvalue weighted by atomic mass is 36.0. The standard InChI is InChI=1S/C4H6N2.C3H4N2.2C2H6O.CH4.Cl2OS.ClH/c1-6-3-2-5-4-6;1-2-5-3-4-1;2*1-2-3;;1-4(2)3;/h2-4H,1H3;1-3H,(H,4,5);2*3H,2H2,1H3;1H4;;1H. The van der Waals surface area contributed by atoms with Gasteiger partial charge in [-0.3, -0.25) is 0 Å². The number of nitrogens with one attached hydrogen (secondary N) is 1. The molecule has 0 spiro atoms. The fraction of sp³-hybridized carbons (Fsp3) is 0.500. The Hall–Kier alpha value is -0.640. The number of halogens is 3. The maximum absolute atomic E-state index is 9.09. The SMILES string of the molecule is C.CCO.CCO.Cl.Cn1ccnc1.O=S(Cl)Cl.c1c[nH]cn1. The van der Waals surface area contributed by atoms with Gasteiger partial charge in [0, 0.05) is 66.4 Å². The van der Waals surface area contributed by atoms with Crippen LogP contribution in [0.25, 0.3) is 0 Å². The smallest absolute Gasteiger partial charge is 0.211 e. The predicted molar refractivity (Wildman–Crippen MR) is 101 cm³/mol. The molecule has 0 aliphatic heterocycles. The molecule has 7 nitrogen and oxygen atoms in total. The zero-order valence-electron chi connectivity index (χ0n) is 12.6. The molecule has 0 radical (unpaired) electrons. The van der Waals surface area contributed by atoms with E-state index in [4.69, 9.17) is 14.4 Å².